The molecule has 0 unspecified atom stereocenters. The summed E-state index contributed by atoms with van der Waals surface area (Å²) in [7, 11) is -0.828. The van der Waals surface area contributed by atoms with Crippen LogP contribution >= 0.6 is 7.14 Å². The molecule has 0 aliphatic carbocycles. The fourth-order valence-corrected chi connectivity index (χ4v) is 2.12. The van der Waals surface area contributed by atoms with Crippen LogP contribution in [-0.4, -0.2) is 25.4 Å². The van der Waals surface area contributed by atoms with Crippen molar-refractivity contribution in [3.63, 3.8) is 0 Å². The smallest absolute Gasteiger partial charge is 0.213 e. The van der Waals surface area contributed by atoms with Crippen molar-refractivity contribution >= 4 is 18.1 Å². The van der Waals surface area contributed by atoms with Crippen molar-refractivity contribution in [2.45, 2.75) is 0 Å². The minimum atomic E-state index is -2.34. The number of anilines is 1. The second kappa shape index (κ2) is 3.38. The number of nitrogens with zero attached hydrogens (tertiary/aromatic N) is 1. The topological polar surface area (TPSA) is 65.2 Å². The molecular formula is C8H13N2O2P. The van der Waals surface area contributed by atoms with Crippen molar-refractivity contribution < 1.29 is 9.30 Å². The van der Waals surface area contributed by atoms with Crippen LogP contribution in [0.15, 0.2) is 12.3 Å². The Bertz CT molecular complexity index is 359. The monoisotopic (exact) mass is 200 g/mol. The molecular weight excluding hydrogens is 187 g/mol. The molecule has 4 nitrogen and oxygen atoms in total. The first kappa shape index (κ1) is 10.1. The lowest BCUT2D eigenvalue weighted by Gasteiger charge is -2.10. The van der Waals surface area contributed by atoms with Gasteiger partial charge in [0.25, 0.3) is 0 Å². The minimum Gasteiger partial charge on any atom is -0.481 e. The number of nitrogens with two attached hydrogens (primary N) is 1. The fourth-order valence-electron chi connectivity index (χ4n) is 1.01. The third-order valence-corrected chi connectivity index (χ3v) is 3.22. The van der Waals surface area contributed by atoms with Crippen LogP contribution in [0, 0.1) is 0 Å². The summed E-state index contributed by atoms with van der Waals surface area (Å²) in [6.45, 7) is 3.33. The molecule has 13 heavy (non-hydrogen) atoms. The Morgan fingerprint density at radius 3 is 2.62 bits per heavy atom. The maximum atomic E-state index is 11.7. The van der Waals surface area contributed by atoms with Crippen molar-refractivity contribution in [3.05, 3.63) is 12.3 Å². The second-order valence-electron chi connectivity index (χ2n) is 3.14. The van der Waals surface area contributed by atoms with E-state index >= 15 is 0 Å². The van der Waals surface area contributed by atoms with Gasteiger partial charge in [-0.3, -0.25) is 0 Å². The highest BCUT2D eigenvalue weighted by molar-refractivity contribution is 7.70. The molecule has 0 aromatic carbocycles. The predicted octanol–water partition coefficient (Wildman–Crippen LogP) is 0.920. The molecule has 1 rings (SSSR count). The molecule has 0 bridgehead atoms. The number of rotatable bonds is 2. The van der Waals surface area contributed by atoms with Crippen LogP contribution in [0.5, 0.6) is 5.88 Å². The van der Waals surface area contributed by atoms with Crippen LogP contribution < -0.4 is 15.8 Å². The van der Waals surface area contributed by atoms with Crippen molar-refractivity contribution in [1.82, 2.24) is 4.98 Å². The third kappa shape index (κ3) is 2.22. The summed E-state index contributed by atoms with van der Waals surface area (Å²) in [5.41, 5.74) is 6.09. The van der Waals surface area contributed by atoms with Gasteiger partial charge in [0.15, 0.2) is 0 Å². The van der Waals surface area contributed by atoms with Gasteiger partial charge in [0.1, 0.15) is 7.14 Å². The van der Waals surface area contributed by atoms with E-state index < -0.39 is 7.14 Å². The first-order valence-corrected chi connectivity index (χ1v) is 6.40. The van der Waals surface area contributed by atoms with Crippen LogP contribution in [0.1, 0.15) is 0 Å². The van der Waals surface area contributed by atoms with Crippen LogP contribution in [0.4, 0.5) is 5.69 Å². The average Bonchev–Trinajstić information content (AvgIpc) is 2.03. The van der Waals surface area contributed by atoms with Crippen molar-refractivity contribution in [3.8, 4) is 5.88 Å². The van der Waals surface area contributed by atoms with Gasteiger partial charge in [-0.15, -0.1) is 0 Å². The van der Waals surface area contributed by atoms with E-state index in [2.05, 4.69) is 4.98 Å². The lowest BCUT2D eigenvalue weighted by Crippen LogP contribution is -2.11. The van der Waals surface area contributed by atoms with Gasteiger partial charge >= 0.3 is 0 Å². The summed E-state index contributed by atoms with van der Waals surface area (Å²) in [6.07, 6.45) is 1.47. The molecule has 0 spiro atoms. The zero-order valence-electron chi connectivity index (χ0n) is 7.94. The maximum absolute atomic E-state index is 11.7. The molecule has 0 saturated carbocycles. The zero-order chi connectivity index (χ0) is 10.1. The molecule has 0 fully saturated rings. The number of nitrogen functional groups attached to an aromatic ring is 1. The van der Waals surface area contributed by atoms with E-state index in [1.165, 1.54) is 13.3 Å². The average molecular weight is 200 g/mol. The number of pyridine rings is 1. The van der Waals surface area contributed by atoms with Crippen LogP contribution in [0.3, 0.4) is 0 Å². The lowest BCUT2D eigenvalue weighted by atomic mass is 10.4. The van der Waals surface area contributed by atoms with Gasteiger partial charge in [0, 0.05) is 11.4 Å². The van der Waals surface area contributed by atoms with E-state index in [-0.39, 0.29) is 0 Å². The largest absolute Gasteiger partial charge is 0.481 e. The van der Waals surface area contributed by atoms with E-state index in [0.717, 1.165) is 0 Å². The summed E-state index contributed by atoms with van der Waals surface area (Å²) in [5.74, 6) is 0.438. The van der Waals surface area contributed by atoms with Crippen LogP contribution in [-0.2, 0) is 4.57 Å². The first-order chi connectivity index (χ1) is 5.95. The Morgan fingerprint density at radius 1 is 1.54 bits per heavy atom. The molecule has 1 aromatic rings. The van der Waals surface area contributed by atoms with Gasteiger partial charge in [-0.05, 0) is 13.3 Å². The highest BCUT2D eigenvalue weighted by Gasteiger charge is 2.15. The van der Waals surface area contributed by atoms with Crippen molar-refractivity contribution in [1.29, 1.82) is 0 Å². The van der Waals surface area contributed by atoms with Gasteiger partial charge in [-0.1, -0.05) is 0 Å². The molecule has 0 atom stereocenters. The molecule has 5 heteroatoms. The number of aromatic nitrogens is 1. The summed E-state index contributed by atoms with van der Waals surface area (Å²) in [6, 6.07) is 1.62. The lowest BCUT2D eigenvalue weighted by molar-refractivity contribution is 0.398. The Balaban J connectivity index is 3.27. The Hall–Kier alpha value is -1.02. The summed E-state index contributed by atoms with van der Waals surface area (Å²) >= 11 is 0. The zero-order valence-corrected chi connectivity index (χ0v) is 8.84. The number of ether oxygens (including phenoxy) is 1. The van der Waals surface area contributed by atoms with Gasteiger partial charge in [-0.25, -0.2) is 4.98 Å². The van der Waals surface area contributed by atoms with E-state index in [9.17, 15) is 4.57 Å². The predicted molar refractivity (Wildman–Crippen MR) is 54.3 cm³/mol. The molecule has 72 valence electrons. The summed E-state index contributed by atoms with van der Waals surface area (Å²) in [4.78, 5) is 3.90. The van der Waals surface area contributed by atoms with Crippen molar-refractivity contribution in [2.24, 2.45) is 0 Å². The molecule has 0 radical (unpaired) electrons. The molecule has 2 N–H and O–H groups in total. The van der Waals surface area contributed by atoms with E-state index in [1.807, 2.05) is 0 Å². The Labute approximate surface area is 77.5 Å². The molecule has 0 aliphatic rings. The minimum absolute atomic E-state index is 0.438. The number of hydrogen-bond acceptors (Lipinski definition) is 4. The van der Waals surface area contributed by atoms with Gasteiger partial charge in [0.2, 0.25) is 5.88 Å². The van der Waals surface area contributed by atoms with E-state index in [1.54, 1.807) is 19.4 Å². The highest BCUT2D eigenvalue weighted by Crippen LogP contribution is 2.37. The van der Waals surface area contributed by atoms with E-state index in [4.69, 9.17) is 10.5 Å². The third-order valence-electron chi connectivity index (χ3n) is 1.68. The molecule has 0 amide bonds. The van der Waals surface area contributed by atoms with Crippen LogP contribution in [0.2, 0.25) is 0 Å². The standard InChI is InChI=1S/C8H13N2O2P/c1-12-8-4-7(13(2,3)11)6(9)5-10-8/h4-5H,9H2,1-3H3. The Morgan fingerprint density at radius 2 is 2.15 bits per heavy atom. The number of hydrogen-bond donors (Lipinski definition) is 1. The number of methoxy groups -OCH3 is 1. The molecule has 0 aliphatic heterocycles. The second-order valence-corrected chi connectivity index (χ2v) is 6.32. The van der Waals surface area contributed by atoms with Gasteiger partial charge in [0.05, 0.1) is 19.0 Å². The summed E-state index contributed by atoms with van der Waals surface area (Å²) < 4.78 is 16.7. The van der Waals surface area contributed by atoms with Crippen molar-refractivity contribution in [2.75, 3.05) is 26.2 Å². The van der Waals surface area contributed by atoms with Gasteiger partial charge < -0.3 is 15.0 Å². The normalized spacial score (nSPS) is 11.3. The SMILES string of the molecule is COc1cc(P(C)(C)=O)c(N)cn1. The quantitative estimate of drug-likeness (QED) is 0.721. The first-order valence-electron chi connectivity index (χ1n) is 3.80. The summed E-state index contributed by atoms with van der Waals surface area (Å²) in [5, 5.41) is 0.624. The van der Waals surface area contributed by atoms with Crippen LogP contribution in [0.25, 0.3) is 0 Å². The van der Waals surface area contributed by atoms with Gasteiger partial charge in [-0.2, -0.15) is 0 Å². The van der Waals surface area contributed by atoms with E-state index in [0.29, 0.717) is 16.9 Å². The fraction of sp³-hybridized carbons (Fsp3) is 0.375. The Kier molecular flexibility index (Phi) is 2.62. The molecule has 0 saturated heterocycles. The molecule has 1 aromatic heterocycles. The maximum Gasteiger partial charge on any atom is 0.213 e. The molecule has 1 heterocycles. The highest BCUT2D eigenvalue weighted by atomic mass is 31.2.